The van der Waals surface area contributed by atoms with Crippen molar-refractivity contribution in [2.24, 2.45) is 5.73 Å². The van der Waals surface area contributed by atoms with Gasteiger partial charge in [-0.1, -0.05) is 60.7 Å². The molecule has 2 aromatic rings. The number of urea groups is 1. The number of nitrogens with one attached hydrogen (secondary N) is 3. The molecule has 10 nitrogen and oxygen atoms in total. The first-order valence-electron chi connectivity index (χ1n) is 10.4. The van der Waals surface area contributed by atoms with Crippen LogP contribution in [0.5, 0.6) is 0 Å². The maximum atomic E-state index is 12.9. The van der Waals surface area contributed by atoms with Gasteiger partial charge < -0.3 is 31.5 Å². The number of alkyl carbamates (subject to hydrolysis) is 1. The van der Waals surface area contributed by atoms with Gasteiger partial charge in [-0.3, -0.25) is 4.79 Å². The largest absolute Gasteiger partial charge is 0.480 e. The Morgan fingerprint density at radius 3 is 2.06 bits per heavy atom. The highest BCUT2D eigenvalue weighted by atomic mass is 16.5. The number of carbonyl (C=O) groups excluding carboxylic acids is 3. The number of nitrogens with two attached hydrogens (primary N) is 1. The van der Waals surface area contributed by atoms with Gasteiger partial charge in [-0.2, -0.15) is 0 Å². The molecule has 4 amide bonds. The van der Waals surface area contributed by atoms with Gasteiger partial charge in [-0.15, -0.1) is 0 Å². The third-order valence-electron chi connectivity index (χ3n) is 4.69. The third kappa shape index (κ3) is 9.72. The van der Waals surface area contributed by atoms with Gasteiger partial charge in [0.1, 0.15) is 18.7 Å². The number of rotatable bonds is 12. The quantitative estimate of drug-likeness (QED) is 0.305. The summed E-state index contributed by atoms with van der Waals surface area (Å²) in [6.45, 7) is 0.198. The molecule has 0 aliphatic rings. The molecule has 0 heterocycles. The predicted molar refractivity (Wildman–Crippen MR) is 120 cm³/mol. The SMILES string of the molecule is NC(=O)NCCCC(NC(=O)[C@@H](Cc1ccccc1)NC(=O)OCc1ccccc1)C(=O)O. The van der Waals surface area contributed by atoms with Crippen molar-refractivity contribution in [1.82, 2.24) is 16.0 Å². The molecule has 2 rings (SSSR count). The van der Waals surface area contributed by atoms with Gasteiger partial charge in [0.15, 0.2) is 0 Å². The zero-order valence-corrected chi connectivity index (χ0v) is 18.0. The lowest BCUT2D eigenvalue weighted by Gasteiger charge is -2.21. The number of benzene rings is 2. The van der Waals surface area contributed by atoms with E-state index in [2.05, 4.69) is 16.0 Å². The van der Waals surface area contributed by atoms with Crippen molar-refractivity contribution in [3.63, 3.8) is 0 Å². The van der Waals surface area contributed by atoms with E-state index in [-0.39, 0.29) is 32.4 Å². The smallest absolute Gasteiger partial charge is 0.408 e. The molecule has 0 aromatic heterocycles. The first-order valence-corrected chi connectivity index (χ1v) is 10.4. The standard InChI is InChI=1S/C23H28N4O6/c24-22(31)25-13-7-12-18(21(29)30)26-20(28)19(14-16-8-3-1-4-9-16)27-23(32)33-15-17-10-5-2-6-11-17/h1-6,8-11,18-19H,7,12-15H2,(H,26,28)(H,27,32)(H,29,30)(H3,24,25,31)/t18?,19-/m1/s1. The third-order valence-corrected chi connectivity index (χ3v) is 4.69. The molecule has 0 saturated heterocycles. The van der Waals surface area contributed by atoms with Crippen molar-refractivity contribution in [2.45, 2.75) is 38.0 Å². The van der Waals surface area contributed by atoms with Crippen molar-refractivity contribution in [2.75, 3.05) is 6.54 Å². The lowest BCUT2D eigenvalue weighted by Crippen LogP contribution is -2.52. The summed E-state index contributed by atoms with van der Waals surface area (Å²) in [4.78, 5) is 47.5. The van der Waals surface area contributed by atoms with Gasteiger partial charge in [-0.05, 0) is 24.0 Å². The van der Waals surface area contributed by atoms with Crippen LogP contribution in [0.4, 0.5) is 9.59 Å². The Balaban J connectivity index is 2.01. The van der Waals surface area contributed by atoms with E-state index in [4.69, 9.17) is 10.5 Å². The fourth-order valence-electron chi connectivity index (χ4n) is 3.01. The molecule has 0 aliphatic heterocycles. The highest BCUT2D eigenvalue weighted by Gasteiger charge is 2.27. The predicted octanol–water partition coefficient (Wildman–Crippen LogP) is 1.54. The number of amides is 4. The molecule has 176 valence electrons. The second kappa shape index (κ2) is 13.4. The van der Waals surface area contributed by atoms with Gasteiger partial charge in [0.25, 0.3) is 0 Å². The van der Waals surface area contributed by atoms with E-state index < -0.39 is 36.1 Å². The highest BCUT2D eigenvalue weighted by molar-refractivity contribution is 5.89. The topological polar surface area (TPSA) is 160 Å². The summed E-state index contributed by atoms with van der Waals surface area (Å²) in [5.41, 5.74) is 6.54. The lowest BCUT2D eigenvalue weighted by molar-refractivity contribution is -0.142. The minimum absolute atomic E-state index is 0.0248. The maximum Gasteiger partial charge on any atom is 0.408 e. The summed E-state index contributed by atoms with van der Waals surface area (Å²) in [5.74, 6) is -1.89. The van der Waals surface area contributed by atoms with Crippen LogP contribution >= 0.6 is 0 Å². The molecule has 10 heteroatoms. The monoisotopic (exact) mass is 456 g/mol. The number of carbonyl (C=O) groups is 4. The number of carboxylic acid groups (broad SMARTS) is 1. The van der Waals surface area contributed by atoms with E-state index in [9.17, 15) is 24.3 Å². The summed E-state index contributed by atoms with van der Waals surface area (Å²) < 4.78 is 5.20. The molecular weight excluding hydrogens is 428 g/mol. The molecule has 0 radical (unpaired) electrons. The van der Waals surface area contributed by atoms with Crippen LogP contribution in [0.15, 0.2) is 60.7 Å². The minimum atomic E-state index is -1.23. The molecule has 6 N–H and O–H groups in total. The molecule has 0 aliphatic carbocycles. The normalized spacial score (nSPS) is 12.1. The number of aliphatic carboxylic acids is 1. The van der Waals surface area contributed by atoms with Gasteiger partial charge in [0.2, 0.25) is 5.91 Å². The highest BCUT2D eigenvalue weighted by Crippen LogP contribution is 2.07. The molecule has 0 fully saturated rings. The van der Waals surface area contributed by atoms with Crippen LogP contribution in [0.2, 0.25) is 0 Å². The van der Waals surface area contributed by atoms with Crippen molar-refractivity contribution in [3.05, 3.63) is 71.8 Å². The maximum absolute atomic E-state index is 12.9. The van der Waals surface area contributed by atoms with Gasteiger partial charge in [0.05, 0.1) is 0 Å². The number of hydrogen-bond acceptors (Lipinski definition) is 5. The van der Waals surface area contributed by atoms with E-state index in [0.29, 0.717) is 0 Å². The molecule has 1 unspecified atom stereocenters. The van der Waals surface area contributed by atoms with Crippen LogP contribution in [0.1, 0.15) is 24.0 Å². The van der Waals surface area contributed by atoms with Crippen molar-refractivity contribution in [1.29, 1.82) is 0 Å². The Hall–Kier alpha value is -4.08. The first kappa shape index (κ1) is 25.2. The fraction of sp³-hybridized carbons (Fsp3) is 0.304. The second-order valence-corrected chi connectivity index (χ2v) is 7.28. The van der Waals surface area contributed by atoms with E-state index in [0.717, 1.165) is 11.1 Å². The Kier molecular flexibility index (Phi) is 10.2. The average molecular weight is 456 g/mol. The molecule has 0 saturated carbocycles. The molecule has 33 heavy (non-hydrogen) atoms. The van der Waals surface area contributed by atoms with Gasteiger partial charge in [-0.25, -0.2) is 14.4 Å². The second-order valence-electron chi connectivity index (χ2n) is 7.28. The molecule has 2 aromatic carbocycles. The molecule has 0 bridgehead atoms. The summed E-state index contributed by atoms with van der Waals surface area (Å²) >= 11 is 0. The van der Waals surface area contributed by atoms with Gasteiger partial charge >= 0.3 is 18.1 Å². The van der Waals surface area contributed by atoms with Crippen LogP contribution in [-0.2, 0) is 27.4 Å². The Bertz CT molecular complexity index is 923. The van der Waals surface area contributed by atoms with Crippen LogP contribution in [0, 0.1) is 0 Å². The summed E-state index contributed by atoms with van der Waals surface area (Å²) in [6, 6.07) is 15.1. The summed E-state index contributed by atoms with van der Waals surface area (Å²) in [5, 5.41) is 16.8. The Morgan fingerprint density at radius 2 is 1.48 bits per heavy atom. The number of ether oxygens (including phenoxy) is 1. The van der Waals surface area contributed by atoms with Crippen molar-refractivity contribution >= 4 is 24.0 Å². The zero-order valence-electron chi connectivity index (χ0n) is 18.0. The fourth-order valence-corrected chi connectivity index (χ4v) is 3.01. The summed E-state index contributed by atoms with van der Waals surface area (Å²) in [7, 11) is 0. The van der Waals surface area contributed by atoms with Crippen molar-refractivity contribution in [3.8, 4) is 0 Å². The Morgan fingerprint density at radius 1 is 0.879 bits per heavy atom. The van der Waals surface area contributed by atoms with Gasteiger partial charge in [0, 0.05) is 13.0 Å². The number of primary amides is 1. The van der Waals surface area contributed by atoms with E-state index in [1.165, 1.54) is 0 Å². The van der Waals surface area contributed by atoms with Crippen LogP contribution in [0.3, 0.4) is 0 Å². The summed E-state index contributed by atoms with van der Waals surface area (Å²) in [6.07, 6.45) is -0.302. The first-order chi connectivity index (χ1) is 15.8. The molecular formula is C23H28N4O6. The van der Waals surface area contributed by atoms with Crippen molar-refractivity contribution < 1.29 is 29.0 Å². The molecule has 2 atom stereocenters. The van der Waals surface area contributed by atoms with Crippen LogP contribution < -0.4 is 21.7 Å². The number of carboxylic acids is 1. The zero-order chi connectivity index (χ0) is 24.1. The lowest BCUT2D eigenvalue weighted by atomic mass is 10.0. The van der Waals surface area contributed by atoms with E-state index in [1.54, 1.807) is 36.4 Å². The van der Waals surface area contributed by atoms with Crippen LogP contribution in [-0.4, -0.2) is 47.7 Å². The number of hydrogen-bond donors (Lipinski definition) is 5. The Labute approximate surface area is 191 Å². The minimum Gasteiger partial charge on any atom is -0.480 e. The van der Waals surface area contributed by atoms with E-state index in [1.807, 2.05) is 24.3 Å². The van der Waals surface area contributed by atoms with E-state index >= 15 is 0 Å². The molecule has 0 spiro atoms. The average Bonchev–Trinajstić information content (AvgIpc) is 2.80. The van der Waals surface area contributed by atoms with Crippen LogP contribution in [0.25, 0.3) is 0 Å².